The van der Waals surface area contributed by atoms with E-state index in [4.69, 9.17) is 31.6 Å². The minimum atomic E-state index is -1.42. The Kier molecular flexibility index (Phi) is 12.4. The van der Waals surface area contributed by atoms with Crippen molar-refractivity contribution in [1.82, 2.24) is 9.99 Å². The van der Waals surface area contributed by atoms with Crippen molar-refractivity contribution in [3.63, 3.8) is 0 Å². The molecule has 1 N–H and O–H groups in total. The Labute approximate surface area is 266 Å². The van der Waals surface area contributed by atoms with E-state index in [0.717, 1.165) is 22.4 Å². The molecule has 2 unspecified atom stereocenters. The summed E-state index contributed by atoms with van der Waals surface area (Å²) in [4.78, 5) is 0. The second kappa shape index (κ2) is 16.0. The van der Waals surface area contributed by atoms with Crippen LogP contribution in [-0.4, -0.2) is 63.1 Å². The van der Waals surface area contributed by atoms with Crippen LogP contribution in [0.1, 0.15) is 62.8 Å². The van der Waals surface area contributed by atoms with Crippen LogP contribution in [0.3, 0.4) is 0 Å². The largest absolute Gasteiger partial charge is 0.497 e. The maximum atomic E-state index is 9.11. The van der Waals surface area contributed by atoms with E-state index < -0.39 is 20.1 Å². The zero-order valence-corrected chi connectivity index (χ0v) is 27.7. The van der Waals surface area contributed by atoms with E-state index in [1.165, 1.54) is 5.56 Å². The van der Waals surface area contributed by atoms with Gasteiger partial charge in [0.05, 0.1) is 44.5 Å². The van der Waals surface area contributed by atoms with Crippen LogP contribution in [-0.2, 0) is 19.3 Å². The summed E-state index contributed by atoms with van der Waals surface area (Å²) >= 11 is 0. The van der Waals surface area contributed by atoms with Crippen LogP contribution in [0.15, 0.2) is 78.9 Å². The molecule has 9 heteroatoms. The molecule has 0 spiro atoms. The lowest BCUT2D eigenvalue weighted by atomic mass is 9.75. The number of nitrogens with one attached hydrogen (secondary N) is 1. The summed E-state index contributed by atoms with van der Waals surface area (Å²) in [6.07, 6.45) is 0.581. The van der Waals surface area contributed by atoms with E-state index >= 15 is 0 Å². The first-order valence-corrected chi connectivity index (χ1v) is 16.5. The Bertz CT molecular complexity index is 1330. The number of benzene rings is 3. The van der Waals surface area contributed by atoms with Crippen molar-refractivity contribution in [3.05, 3.63) is 101 Å². The molecule has 7 nitrogen and oxygen atoms in total. The van der Waals surface area contributed by atoms with Crippen LogP contribution in [0.4, 0.5) is 0 Å². The topological polar surface area (TPSA) is 76.0 Å². The molecule has 0 saturated carbocycles. The highest BCUT2D eigenvalue weighted by molar-refractivity contribution is 7.44. The van der Waals surface area contributed by atoms with Crippen LogP contribution in [0.25, 0.3) is 0 Å². The van der Waals surface area contributed by atoms with Gasteiger partial charge in [-0.1, -0.05) is 72.3 Å². The van der Waals surface area contributed by atoms with Crippen molar-refractivity contribution in [2.75, 3.05) is 20.3 Å². The maximum Gasteiger partial charge on any atom is 0.259 e. The van der Waals surface area contributed by atoms with E-state index in [-0.39, 0.29) is 24.2 Å². The highest BCUT2D eigenvalue weighted by Crippen LogP contribution is 2.47. The Morgan fingerprint density at radius 3 is 2.11 bits per heavy atom. The lowest BCUT2D eigenvalue weighted by Gasteiger charge is -2.41. The predicted octanol–water partition coefficient (Wildman–Crippen LogP) is 6.83. The van der Waals surface area contributed by atoms with Crippen LogP contribution >= 0.6 is 8.53 Å². The lowest BCUT2D eigenvalue weighted by Crippen LogP contribution is -2.53. The molecule has 232 valence electrons. The summed E-state index contributed by atoms with van der Waals surface area (Å²) in [7, 11) is 6.72. The second-order valence-electron chi connectivity index (χ2n) is 11.8. The molecule has 0 amide bonds. The fourth-order valence-corrected chi connectivity index (χ4v) is 7.51. The Morgan fingerprint density at radius 1 is 0.955 bits per heavy atom. The fraction of sp³-hybridized carbons (Fsp3) is 0.457. The lowest BCUT2D eigenvalue weighted by molar-refractivity contribution is 0.0317. The maximum absolute atomic E-state index is 9.11. The molecule has 5 atom stereocenters. The third kappa shape index (κ3) is 8.09. The first kappa shape index (κ1) is 34.1. The summed E-state index contributed by atoms with van der Waals surface area (Å²) in [5, 5.41) is 13.2. The van der Waals surface area contributed by atoms with E-state index in [2.05, 4.69) is 111 Å². The molecule has 3 aromatic carbocycles. The van der Waals surface area contributed by atoms with Crippen molar-refractivity contribution in [3.8, 4) is 11.8 Å². The van der Waals surface area contributed by atoms with E-state index in [0.29, 0.717) is 26.1 Å². The molecule has 2 radical (unpaired) electrons. The van der Waals surface area contributed by atoms with Gasteiger partial charge in [0.1, 0.15) is 13.6 Å². The van der Waals surface area contributed by atoms with Crippen molar-refractivity contribution in [2.24, 2.45) is 0 Å². The highest BCUT2D eigenvalue weighted by atomic mass is 31.2. The van der Waals surface area contributed by atoms with Crippen molar-refractivity contribution >= 4 is 16.4 Å². The van der Waals surface area contributed by atoms with Crippen LogP contribution < -0.4 is 10.1 Å². The first-order chi connectivity index (χ1) is 21.2. The highest BCUT2D eigenvalue weighted by Gasteiger charge is 2.43. The molecule has 3 aromatic rings. The Morgan fingerprint density at radius 2 is 1.55 bits per heavy atom. The molecule has 1 heterocycles. The Balaban J connectivity index is 1.72. The third-order valence-electron chi connectivity index (χ3n) is 7.91. The van der Waals surface area contributed by atoms with Gasteiger partial charge in [-0.05, 0) is 69.9 Å². The summed E-state index contributed by atoms with van der Waals surface area (Å²) in [6.45, 7) is 11.2. The van der Waals surface area contributed by atoms with Gasteiger partial charge in [-0.2, -0.15) is 5.26 Å². The molecule has 1 aliphatic heterocycles. The van der Waals surface area contributed by atoms with Crippen molar-refractivity contribution in [1.29, 1.82) is 5.26 Å². The number of aryl methyl sites for hydroxylation is 1. The third-order valence-corrected chi connectivity index (χ3v) is 9.99. The number of methoxy groups -OCH3 is 1. The van der Waals surface area contributed by atoms with Crippen LogP contribution in [0.2, 0.25) is 0 Å². The second-order valence-corrected chi connectivity index (χ2v) is 13.2. The SMILES string of the molecule is [B][C@H]1C[C@H](NC(c2ccccc2)(c2ccc(C)cc2)c2ccc(OC)cc2)[C@@H](COP(OCCC#N)N(C(C)C)C(C)C)O1. The molecule has 1 aliphatic rings. The molecule has 0 aliphatic carbocycles. The van der Waals surface area contributed by atoms with Gasteiger partial charge in [0, 0.05) is 24.1 Å². The van der Waals surface area contributed by atoms with Crippen molar-refractivity contribution < 1.29 is 18.5 Å². The van der Waals surface area contributed by atoms with Gasteiger partial charge in [-0.25, -0.2) is 4.67 Å². The van der Waals surface area contributed by atoms with Crippen molar-refractivity contribution in [2.45, 2.75) is 83.2 Å². The first-order valence-electron chi connectivity index (χ1n) is 15.4. The van der Waals surface area contributed by atoms with E-state index in [1.807, 2.05) is 18.2 Å². The number of hydrogen-bond acceptors (Lipinski definition) is 7. The van der Waals surface area contributed by atoms with Gasteiger partial charge in [0.25, 0.3) is 8.53 Å². The van der Waals surface area contributed by atoms with Gasteiger partial charge in [0.15, 0.2) is 0 Å². The summed E-state index contributed by atoms with van der Waals surface area (Å²) in [5.74, 6) is 0.793. The number of hydrogen-bond donors (Lipinski definition) is 1. The normalized spacial score (nSPS) is 20.5. The van der Waals surface area contributed by atoms with Gasteiger partial charge in [-0.15, -0.1) is 0 Å². The zero-order chi connectivity index (χ0) is 31.7. The predicted molar refractivity (Wildman–Crippen MR) is 178 cm³/mol. The smallest absolute Gasteiger partial charge is 0.259 e. The minimum Gasteiger partial charge on any atom is -0.497 e. The number of rotatable bonds is 15. The number of nitriles is 1. The molecule has 1 saturated heterocycles. The summed E-state index contributed by atoms with van der Waals surface area (Å²) in [5.41, 5.74) is 3.75. The van der Waals surface area contributed by atoms with Crippen LogP contribution in [0.5, 0.6) is 5.75 Å². The van der Waals surface area contributed by atoms with E-state index in [1.54, 1.807) is 7.11 Å². The van der Waals surface area contributed by atoms with Gasteiger partial charge in [-0.3, -0.25) is 5.32 Å². The molecule has 0 aromatic heterocycles. The Hall–Kier alpha value is -2.76. The molecule has 44 heavy (non-hydrogen) atoms. The molecular formula is C35H45BN3O4P. The van der Waals surface area contributed by atoms with Crippen LogP contribution in [0, 0.1) is 18.3 Å². The zero-order valence-electron chi connectivity index (χ0n) is 26.8. The summed E-state index contributed by atoms with van der Waals surface area (Å²) < 4.78 is 26.7. The van der Waals surface area contributed by atoms with Gasteiger partial charge >= 0.3 is 0 Å². The monoisotopic (exact) mass is 613 g/mol. The number of ether oxygens (including phenoxy) is 2. The standard InChI is InChI=1S/C35H45BN3O4P/c1-25(2)39(26(3)4)44(41-22-10-21-37)42-24-33-32(23-34(36)43-33)38-35(28-11-8-7-9-12-28,29-15-13-27(5)14-16-29)30-17-19-31(40-6)20-18-30/h7-9,11-20,25-26,32-34,38H,10,22-24H2,1-6H3/t32-,33+,34+,35?,44?/m0/s1. The molecule has 1 fully saturated rings. The molecule has 0 bridgehead atoms. The molecular weight excluding hydrogens is 568 g/mol. The molecule has 4 rings (SSSR count). The quantitative estimate of drug-likeness (QED) is 0.0872. The minimum absolute atomic E-state index is 0.142. The number of nitrogens with zero attached hydrogens (tertiary/aromatic N) is 2. The summed E-state index contributed by atoms with van der Waals surface area (Å²) in [6, 6.07) is 29.4. The average Bonchev–Trinajstić information content (AvgIpc) is 3.37. The fourth-order valence-electron chi connectivity index (χ4n) is 5.90. The van der Waals surface area contributed by atoms with Gasteiger partial charge < -0.3 is 18.5 Å². The van der Waals surface area contributed by atoms with E-state index in [9.17, 15) is 0 Å². The van der Waals surface area contributed by atoms with Gasteiger partial charge in [0.2, 0.25) is 0 Å². The average molecular weight is 614 g/mol.